The van der Waals surface area contributed by atoms with Gasteiger partial charge in [-0.3, -0.25) is 43.2 Å². The van der Waals surface area contributed by atoms with Crippen LogP contribution in [0.25, 0.3) is 67.5 Å². The smallest absolute Gasteiger partial charge is 0.325 e. The van der Waals surface area contributed by atoms with Crippen molar-refractivity contribution in [2.45, 2.75) is 169 Å². The number of aliphatic carboxylic acids is 3. The molecule has 15 rings (SSSR count). The maximum absolute atomic E-state index is 13.3. The lowest BCUT2D eigenvalue weighted by Crippen LogP contribution is -2.42. The summed E-state index contributed by atoms with van der Waals surface area (Å²) in [7, 11) is 1.60. The molecule has 0 aliphatic heterocycles. The monoisotopic (exact) mass is 2030 g/mol. The number of ketones is 3. The topological polar surface area (TPSA) is 365 Å². The number of thiophene rings is 3. The van der Waals surface area contributed by atoms with Crippen LogP contribution in [-0.4, -0.2) is 123 Å². The second-order valence-corrected chi connectivity index (χ2v) is 42.2. The molecule has 0 aliphatic rings. The second kappa shape index (κ2) is 49.8. The molecular formula is C117H116ClN9O16S3. The highest BCUT2D eigenvalue weighted by Gasteiger charge is 2.33. The van der Waals surface area contributed by atoms with Crippen molar-refractivity contribution in [3.05, 3.63) is 360 Å². The zero-order valence-corrected chi connectivity index (χ0v) is 86.6. The van der Waals surface area contributed by atoms with E-state index in [1.807, 2.05) is 243 Å². The van der Waals surface area contributed by atoms with E-state index in [0.29, 0.717) is 67.6 Å². The van der Waals surface area contributed by atoms with Crippen molar-refractivity contribution in [1.29, 1.82) is 0 Å². The summed E-state index contributed by atoms with van der Waals surface area (Å²) in [5.41, 5.74) is 11.8. The first-order valence-corrected chi connectivity index (χ1v) is 50.5. The number of carbonyl (C=O) groups excluding carboxylic acids is 6. The Hall–Kier alpha value is -15.4. The van der Waals surface area contributed by atoms with Crippen LogP contribution >= 0.6 is 45.6 Å². The van der Waals surface area contributed by atoms with Crippen LogP contribution in [0.5, 0.6) is 28.7 Å². The standard InChI is InChI=1S/C40H41N3O6S.C39H38ClN3O5S.C38H37N3O5S/c1-25(39(46)47)43-38(45)30(20-32(44)35-17-18-36(50-35)40(2,3)4)19-26-11-13-28(14-12-26)37-41-22-31(23-42-37)29-15-16-33(34(21-29)48-5)49-24-27-9-7-6-8-10-27;1-24(38(46)47)43-37(45)29(20-32(44)34-16-17-35(49-34)39(2,3)4)18-25-10-12-27(13-11-25)36-41-21-30(22-42-36)28-14-15-33(31(40)19-28)48-23-26-8-6-5-7-9-26;1-24(37(44)45)41-36(43)28(21-32(42)33-18-19-34(47-33)38(2,3)4)20-25-10-12-27(13-11-25)35-39-22-29(23-40-35)26-14-16-31(17-15-26)46-30-8-6-5-7-9-30/h6-18,21-23,25,30H,19-20,24H2,1-5H3,(H,43,45)(H,46,47);5-17,19,21-22,24,29H,18,20,23H2,1-4H3,(H,43,45)(H,46,47);5-19,22-24,28H,20-21H2,1-4H3,(H,41,43)(H,44,45)/t25-,30-;24-,29-;24-,28-/m111/s1. The molecule has 6 aromatic heterocycles. The Bertz CT molecular complexity index is 7010. The predicted octanol–water partition coefficient (Wildman–Crippen LogP) is 24.2. The van der Waals surface area contributed by atoms with Gasteiger partial charge < -0.3 is 50.2 Å². The molecule has 9 aromatic carbocycles. The van der Waals surface area contributed by atoms with Crippen LogP contribution in [0.2, 0.25) is 5.02 Å². The number of carboxylic acids is 3. The molecule has 0 bridgehead atoms. The minimum atomic E-state index is -1.14. The third-order valence-corrected chi connectivity index (χ3v) is 28.8. The Morgan fingerprint density at radius 2 is 0.610 bits per heavy atom. The van der Waals surface area contributed by atoms with E-state index < -0.39 is 71.5 Å². The number of benzene rings is 9. The van der Waals surface area contributed by atoms with Crippen LogP contribution in [0.4, 0.5) is 0 Å². The van der Waals surface area contributed by atoms with Crippen molar-refractivity contribution in [2.24, 2.45) is 17.8 Å². The van der Waals surface area contributed by atoms with Gasteiger partial charge in [0.1, 0.15) is 48.6 Å². The zero-order valence-electron chi connectivity index (χ0n) is 83.3. The predicted molar refractivity (Wildman–Crippen MR) is 572 cm³/mol. The molecule has 15 aromatic rings. The molecule has 6 atom stereocenters. The molecule has 29 heteroatoms. The van der Waals surface area contributed by atoms with Gasteiger partial charge in [0.2, 0.25) is 17.7 Å². The van der Waals surface area contributed by atoms with Gasteiger partial charge in [-0.25, -0.2) is 29.9 Å². The van der Waals surface area contributed by atoms with Crippen molar-refractivity contribution in [2.75, 3.05) is 7.11 Å². The van der Waals surface area contributed by atoms with E-state index in [4.69, 9.17) is 30.5 Å². The van der Waals surface area contributed by atoms with Gasteiger partial charge in [-0.1, -0.05) is 250 Å². The summed E-state index contributed by atoms with van der Waals surface area (Å²) in [5, 5.41) is 36.1. The number of amides is 3. The summed E-state index contributed by atoms with van der Waals surface area (Å²) in [5.74, 6) is -2.58. The lowest BCUT2D eigenvalue weighted by atomic mass is 9.92. The molecule has 0 fully saturated rings. The van der Waals surface area contributed by atoms with Crippen molar-refractivity contribution < 1.29 is 77.4 Å². The summed E-state index contributed by atoms with van der Waals surface area (Å²) in [6, 6.07) is 78.9. The van der Waals surface area contributed by atoms with Gasteiger partial charge >= 0.3 is 17.9 Å². The number of hydrogen-bond acceptors (Lipinski definition) is 22. The summed E-state index contributed by atoms with van der Waals surface area (Å²) >= 11 is 10.8. The van der Waals surface area contributed by atoms with Gasteiger partial charge in [-0.15, -0.1) is 34.0 Å². The molecule has 146 heavy (non-hydrogen) atoms. The van der Waals surface area contributed by atoms with Crippen LogP contribution in [0.15, 0.2) is 298 Å². The number of carbonyl (C=O) groups is 9. The Morgan fingerprint density at radius 1 is 0.322 bits per heavy atom. The first-order valence-electron chi connectivity index (χ1n) is 47.6. The van der Waals surface area contributed by atoms with Gasteiger partial charge in [0.15, 0.2) is 46.3 Å². The second-order valence-electron chi connectivity index (χ2n) is 38.5. The minimum absolute atomic E-state index is 0.0338. The fourth-order valence-electron chi connectivity index (χ4n) is 15.3. The van der Waals surface area contributed by atoms with Crippen molar-refractivity contribution >= 4 is 98.6 Å². The van der Waals surface area contributed by atoms with Crippen molar-refractivity contribution in [1.82, 2.24) is 45.9 Å². The number of hydrogen-bond donors (Lipinski definition) is 6. The molecule has 0 saturated carbocycles. The highest BCUT2D eigenvalue weighted by atomic mass is 35.5. The minimum Gasteiger partial charge on any atom is -0.493 e. The lowest BCUT2D eigenvalue weighted by Gasteiger charge is -2.18. The molecule has 0 saturated heterocycles. The molecular weight excluding hydrogens is 1920 g/mol. The number of methoxy groups -OCH3 is 1. The third kappa shape index (κ3) is 30.6. The highest BCUT2D eigenvalue weighted by Crippen LogP contribution is 2.39. The average molecular weight is 2040 g/mol. The van der Waals surface area contributed by atoms with Crippen LogP contribution in [0, 0.1) is 17.8 Å². The van der Waals surface area contributed by atoms with Gasteiger partial charge in [-0.05, 0) is 186 Å². The van der Waals surface area contributed by atoms with Crippen molar-refractivity contribution in [3.63, 3.8) is 0 Å². The number of nitrogens with zero attached hydrogens (tertiary/aromatic N) is 6. The number of rotatable bonds is 39. The summed E-state index contributed by atoms with van der Waals surface area (Å²) in [6.07, 6.45) is 11.2. The summed E-state index contributed by atoms with van der Waals surface area (Å²) in [4.78, 5) is 146. The number of halogens is 1. The van der Waals surface area contributed by atoms with Crippen LogP contribution in [-0.2, 0) is 77.5 Å². The molecule has 6 heterocycles. The normalized spacial score (nSPS) is 12.6. The number of para-hydroxylation sites is 1. The molecule has 6 N–H and O–H groups in total. The lowest BCUT2D eigenvalue weighted by molar-refractivity contribution is -0.142. The maximum Gasteiger partial charge on any atom is 0.325 e. The summed E-state index contributed by atoms with van der Waals surface area (Å²) in [6.45, 7) is 23.8. The molecule has 0 radical (unpaired) electrons. The quantitative estimate of drug-likeness (QED) is 0.0195. The van der Waals surface area contributed by atoms with Crippen LogP contribution in [0.1, 0.15) is 174 Å². The van der Waals surface area contributed by atoms with Crippen LogP contribution in [0.3, 0.4) is 0 Å². The van der Waals surface area contributed by atoms with E-state index >= 15 is 0 Å². The van der Waals surface area contributed by atoms with E-state index in [1.165, 1.54) is 54.8 Å². The Balaban J connectivity index is 0.000000183. The number of Topliss-reactive ketones (excluding diaryl/α,β-unsaturated/α-hetero) is 3. The summed E-state index contributed by atoms with van der Waals surface area (Å²) < 4.78 is 23.3. The fraction of sp³-hybridized carbons (Fsp3) is 0.256. The van der Waals surface area contributed by atoms with E-state index in [1.54, 1.807) is 62.5 Å². The van der Waals surface area contributed by atoms with Crippen LogP contribution < -0.4 is 34.9 Å². The number of aromatic nitrogens is 6. The zero-order chi connectivity index (χ0) is 105. The number of carboxylic acid groups (broad SMARTS) is 3. The average Bonchev–Trinajstić information content (AvgIpc) is 1.36. The highest BCUT2D eigenvalue weighted by molar-refractivity contribution is 7.15. The number of nitrogens with one attached hydrogen (secondary N) is 3. The van der Waals surface area contributed by atoms with Gasteiger partial charge in [0, 0.05) is 122 Å². The van der Waals surface area contributed by atoms with Gasteiger partial charge in [0.05, 0.1) is 26.8 Å². The van der Waals surface area contributed by atoms with Crippen molar-refractivity contribution in [3.8, 4) is 96.3 Å². The Kier molecular flexibility index (Phi) is 36.8. The van der Waals surface area contributed by atoms with Gasteiger partial charge in [-0.2, -0.15) is 0 Å². The molecule has 25 nitrogen and oxygen atoms in total. The SMILES string of the molecule is COc1cc(-c2cnc(-c3ccc(C[C@H](CC(=O)c4ccc(C(C)(C)C)s4)C(=O)N[C@H](C)C(=O)O)cc3)nc2)ccc1OCc1ccccc1.C[C@@H](NC(=O)[C@@H](CC(=O)c1ccc(C(C)(C)C)s1)Cc1ccc(-c2ncc(-c3ccc(OCc4ccccc4)c(Cl)c3)cn2)cc1)C(=O)O.C[C@@H](NC(=O)[C@@H](CC(=O)c1ccc(C(C)(C)C)s1)Cc1ccc(-c2ncc(-c3ccc(Oc4ccccc4)cc3)cn2)cc1)C(=O)O. The first-order chi connectivity index (χ1) is 69.7. The van der Waals surface area contributed by atoms with Gasteiger partial charge in [0.25, 0.3) is 0 Å². The molecule has 0 aliphatic carbocycles. The first kappa shape index (κ1) is 108. The largest absolute Gasteiger partial charge is 0.493 e. The molecule has 3 amide bonds. The Labute approximate surface area is 866 Å². The molecule has 0 spiro atoms. The Morgan fingerprint density at radius 3 is 0.918 bits per heavy atom. The third-order valence-electron chi connectivity index (χ3n) is 23.9. The van der Waals surface area contributed by atoms with E-state index in [-0.39, 0.29) is 72.1 Å². The fourth-order valence-corrected chi connectivity index (χ4v) is 18.5. The van der Waals surface area contributed by atoms with E-state index in [9.17, 15) is 58.5 Å². The van der Waals surface area contributed by atoms with E-state index in [0.717, 1.165) is 104 Å². The molecule has 0 unspecified atom stereocenters. The maximum atomic E-state index is 13.3. The molecule has 750 valence electrons. The number of ether oxygens (including phenoxy) is 4. The van der Waals surface area contributed by atoms with E-state index in [2.05, 4.69) is 108 Å².